The number of allylic oxidation sites excluding steroid dienone is 1. The first kappa shape index (κ1) is 45.9. The van der Waals surface area contributed by atoms with Gasteiger partial charge in [0, 0.05) is 44.2 Å². The first-order valence-corrected chi connectivity index (χ1v) is 21.3. The van der Waals surface area contributed by atoms with Crippen molar-refractivity contribution in [3.63, 3.8) is 0 Å². The number of oxime groups is 1. The van der Waals surface area contributed by atoms with Crippen LogP contribution in [0.4, 0.5) is 9.59 Å². The zero-order chi connectivity index (χ0) is 42.0. The fourth-order valence-corrected chi connectivity index (χ4v) is 8.76. The molecule has 2 aromatic rings. The van der Waals surface area contributed by atoms with Gasteiger partial charge in [0.2, 0.25) is 5.79 Å². The van der Waals surface area contributed by atoms with Crippen LogP contribution in [0.2, 0.25) is 0 Å². The predicted molar refractivity (Wildman–Crippen MR) is 223 cm³/mol. The van der Waals surface area contributed by atoms with E-state index in [0.717, 1.165) is 42.4 Å². The van der Waals surface area contributed by atoms with Crippen molar-refractivity contribution in [3.05, 3.63) is 84.0 Å². The molecule has 15 heteroatoms. The fraction of sp³-hybridized carbons (Fsp3) is 0.568. The summed E-state index contributed by atoms with van der Waals surface area (Å²) in [5.41, 5.74) is 3.21. The molecule has 1 aliphatic heterocycles. The third kappa shape index (κ3) is 11.6. The summed E-state index contributed by atoms with van der Waals surface area (Å²) in [4.78, 5) is 34.6. The number of carbonyl (C=O) groups excluding carboxylic acids is 2. The number of nitrogens with zero attached hydrogens (tertiary/aromatic N) is 2. The molecule has 0 radical (unpaired) electrons. The summed E-state index contributed by atoms with van der Waals surface area (Å²) in [7, 11) is 0. The molecule has 1 heterocycles. The number of alkyl halides is 1. The molecule has 5 rings (SSSR count). The first-order chi connectivity index (χ1) is 28.8. The number of rotatable bonds is 24. The van der Waals surface area contributed by atoms with Crippen molar-refractivity contribution in [3.8, 4) is 11.5 Å². The van der Waals surface area contributed by atoms with E-state index in [4.69, 9.17) is 40.1 Å². The van der Waals surface area contributed by atoms with Crippen molar-refractivity contribution in [2.75, 3.05) is 65.3 Å². The monoisotopic (exact) mass is 841 g/mol. The summed E-state index contributed by atoms with van der Waals surface area (Å²) in [6, 6.07) is 14.0. The van der Waals surface area contributed by atoms with Crippen molar-refractivity contribution in [1.82, 2.24) is 10.2 Å². The van der Waals surface area contributed by atoms with Gasteiger partial charge in [0.15, 0.2) is 0 Å². The van der Waals surface area contributed by atoms with Crippen molar-refractivity contribution in [1.29, 1.82) is 0 Å². The molecule has 2 amide bonds. The molecule has 1 fully saturated rings. The van der Waals surface area contributed by atoms with Crippen LogP contribution in [-0.4, -0.2) is 115 Å². The molecule has 0 aromatic heterocycles. The zero-order valence-electron chi connectivity index (χ0n) is 34.0. The van der Waals surface area contributed by atoms with Crippen LogP contribution in [0.3, 0.4) is 0 Å². The standard InChI is InChI=1S/C44H60ClN3O11/c1-3-23-56-44-39(48(19-25-54-26-22-51)43(53)55-24-18-45)29-37(47-57-4-2)35-27-32(14-8-10-20-49)34(15-9-11-21-50)40(41(35)44)36-28-33(16-17-38(36)59-44)58-42(52)46-30-31-12-6-5-7-13-31/h3,5-7,12-13,16-17,27-28,32,34,39-41,49-51H,1,4,8-11,14-15,18-26,29-30H2,2H3,(H,46,52). The van der Waals surface area contributed by atoms with Crippen LogP contribution < -0.4 is 14.8 Å². The Hall–Kier alpha value is -4.18. The van der Waals surface area contributed by atoms with Gasteiger partial charge in [0.05, 0.1) is 43.9 Å². The lowest BCUT2D eigenvalue weighted by Crippen LogP contribution is -2.70. The Bertz CT molecular complexity index is 1710. The second-order valence-electron chi connectivity index (χ2n) is 14.8. The number of carbonyl (C=O) groups is 2. The van der Waals surface area contributed by atoms with Crippen molar-refractivity contribution in [2.24, 2.45) is 22.9 Å². The van der Waals surface area contributed by atoms with E-state index in [-0.39, 0.29) is 89.4 Å². The Balaban J connectivity index is 1.69. The Morgan fingerprint density at radius 3 is 2.53 bits per heavy atom. The van der Waals surface area contributed by atoms with Gasteiger partial charge >= 0.3 is 12.2 Å². The summed E-state index contributed by atoms with van der Waals surface area (Å²) < 4.78 is 31.3. The molecule has 0 bridgehead atoms. The topological polar surface area (TPSA) is 178 Å². The maximum absolute atomic E-state index is 14.1. The fourth-order valence-electron chi connectivity index (χ4n) is 8.68. The maximum atomic E-state index is 14.1. The van der Waals surface area contributed by atoms with E-state index in [1.54, 1.807) is 18.2 Å². The minimum Gasteiger partial charge on any atom is -0.459 e. The van der Waals surface area contributed by atoms with E-state index >= 15 is 0 Å². The molecule has 3 aliphatic rings. The largest absolute Gasteiger partial charge is 0.459 e. The molecule has 1 saturated carbocycles. The molecule has 2 aromatic carbocycles. The lowest BCUT2D eigenvalue weighted by molar-refractivity contribution is -0.256. The van der Waals surface area contributed by atoms with E-state index in [0.29, 0.717) is 36.7 Å². The minimum absolute atomic E-state index is 0.0124. The number of aliphatic hydroxyl groups is 3. The predicted octanol–water partition coefficient (Wildman–Crippen LogP) is 6.32. The lowest BCUT2D eigenvalue weighted by atomic mass is 9.55. The van der Waals surface area contributed by atoms with Gasteiger partial charge in [-0.15, -0.1) is 18.2 Å². The van der Waals surface area contributed by atoms with E-state index in [1.807, 2.05) is 43.3 Å². The van der Waals surface area contributed by atoms with E-state index in [9.17, 15) is 24.9 Å². The highest BCUT2D eigenvalue weighted by atomic mass is 35.5. The van der Waals surface area contributed by atoms with Crippen LogP contribution in [0, 0.1) is 17.8 Å². The minimum atomic E-state index is -1.53. The number of hydrogen-bond donors (Lipinski definition) is 4. The molecule has 14 nitrogen and oxygen atoms in total. The van der Waals surface area contributed by atoms with Crippen LogP contribution in [-0.2, 0) is 25.6 Å². The number of unbranched alkanes of at least 4 members (excludes halogenated alkanes) is 2. The molecule has 0 spiro atoms. The molecule has 6 atom stereocenters. The van der Waals surface area contributed by atoms with E-state index < -0.39 is 29.9 Å². The number of nitrogens with one attached hydrogen (secondary N) is 1. The van der Waals surface area contributed by atoms with E-state index in [2.05, 4.69) is 23.1 Å². The van der Waals surface area contributed by atoms with Gasteiger partial charge in [0.25, 0.3) is 0 Å². The highest BCUT2D eigenvalue weighted by Crippen LogP contribution is 2.62. The van der Waals surface area contributed by atoms with Crippen molar-refractivity contribution < 1.29 is 53.4 Å². The normalized spacial score (nSPS) is 23.6. The number of ether oxygens (including phenoxy) is 5. The van der Waals surface area contributed by atoms with Gasteiger partial charge in [-0.1, -0.05) is 60.5 Å². The molecule has 2 aliphatic carbocycles. The van der Waals surface area contributed by atoms with Crippen LogP contribution >= 0.6 is 11.6 Å². The Labute approximate surface area is 352 Å². The smallest absolute Gasteiger partial charge is 0.412 e. The summed E-state index contributed by atoms with van der Waals surface area (Å²) in [5, 5.41) is 36.7. The van der Waals surface area contributed by atoms with Gasteiger partial charge in [-0.3, -0.25) is 4.90 Å². The third-order valence-electron chi connectivity index (χ3n) is 11.1. The zero-order valence-corrected chi connectivity index (χ0v) is 34.7. The highest BCUT2D eigenvalue weighted by Gasteiger charge is 2.65. The number of benzene rings is 2. The Morgan fingerprint density at radius 2 is 1.81 bits per heavy atom. The maximum Gasteiger partial charge on any atom is 0.412 e. The van der Waals surface area contributed by atoms with Gasteiger partial charge < -0.3 is 49.2 Å². The summed E-state index contributed by atoms with van der Waals surface area (Å²) >= 11 is 5.99. The lowest BCUT2D eigenvalue weighted by Gasteiger charge is -2.59. The summed E-state index contributed by atoms with van der Waals surface area (Å²) in [6.45, 7) is 6.59. The molecular weight excluding hydrogens is 782 g/mol. The summed E-state index contributed by atoms with van der Waals surface area (Å²) in [5.74, 6) is -1.56. The second-order valence-corrected chi connectivity index (χ2v) is 15.1. The number of fused-ring (bicyclic) bond motifs is 2. The second kappa shape index (κ2) is 23.6. The molecular formula is C44H60ClN3O11. The van der Waals surface area contributed by atoms with Gasteiger partial charge in [-0.05, 0) is 73.8 Å². The van der Waals surface area contributed by atoms with Gasteiger partial charge in [-0.2, -0.15) is 0 Å². The molecule has 0 saturated heterocycles. The third-order valence-corrected chi connectivity index (χ3v) is 11.2. The summed E-state index contributed by atoms with van der Waals surface area (Å²) in [6.07, 6.45) is 7.04. The van der Waals surface area contributed by atoms with Crippen LogP contribution in [0.5, 0.6) is 11.5 Å². The van der Waals surface area contributed by atoms with Crippen LogP contribution in [0.1, 0.15) is 68.9 Å². The van der Waals surface area contributed by atoms with Crippen molar-refractivity contribution in [2.45, 2.75) is 76.2 Å². The Kier molecular flexibility index (Phi) is 18.3. The molecule has 6 unspecified atom stereocenters. The number of aliphatic hydroxyl groups excluding tert-OH is 3. The molecule has 324 valence electrons. The average Bonchev–Trinajstić information content (AvgIpc) is 3.25. The number of hydrogen-bond acceptors (Lipinski definition) is 12. The number of halogens is 1. The van der Waals surface area contributed by atoms with Crippen LogP contribution in [0.15, 0.2) is 78.0 Å². The molecule has 59 heavy (non-hydrogen) atoms. The number of amides is 2. The van der Waals surface area contributed by atoms with Gasteiger partial charge in [-0.25, -0.2) is 9.59 Å². The van der Waals surface area contributed by atoms with E-state index in [1.165, 1.54) is 4.90 Å². The van der Waals surface area contributed by atoms with Gasteiger partial charge in [0.1, 0.15) is 30.8 Å². The molecule has 4 N–H and O–H groups in total. The first-order valence-electron chi connectivity index (χ1n) is 20.7. The average molecular weight is 842 g/mol. The Morgan fingerprint density at radius 1 is 1.03 bits per heavy atom. The van der Waals surface area contributed by atoms with Crippen molar-refractivity contribution >= 4 is 29.5 Å². The van der Waals surface area contributed by atoms with Crippen LogP contribution in [0.25, 0.3) is 0 Å². The highest BCUT2D eigenvalue weighted by molar-refractivity contribution is 6.18. The quantitative estimate of drug-likeness (QED) is 0.0403. The SMILES string of the molecule is C=CCOC12Oc3ccc(OC(=O)NCc4ccccc4)cc3C3C(CCCCO)C(CCCCO)C=C(C(=NOCC)CC1N(CCOCCO)C(=O)OCCCl)C32.